The van der Waals surface area contributed by atoms with E-state index >= 15 is 0 Å². The van der Waals surface area contributed by atoms with E-state index in [0.29, 0.717) is 12.8 Å². The molecule has 266 valence electrons. The molecule has 0 heterocycles. The van der Waals surface area contributed by atoms with Gasteiger partial charge >= 0.3 is 19.8 Å². The van der Waals surface area contributed by atoms with Gasteiger partial charge in [-0.2, -0.15) is 0 Å². The molecule has 0 fully saturated rings. The van der Waals surface area contributed by atoms with Crippen molar-refractivity contribution in [1.29, 1.82) is 0 Å². The third-order valence-electron chi connectivity index (χ3n) is 7.65. The number of carbonyl (C=O) groups is 3. The van der Waals surface area contributed by atoms with E-state index in [2.05, 4.69) is 19.2 Å². The van der Waals surface area contributed by atoms with Gasteiger partial charge in [-0.25, -0.2) is 9.36 Å². The minimum Gasteiger partial charge on any atom is -0.480 e. The molecule has 0 aliphatic carbocycles. The van der Waals surface area contributed by atoms with E-state index in [1.807, 2.05) is 0 Å². The molecule has 4 N–H and O–H groups in total. The summed E-state index contributed by atoms with van der Waals surface area (Å²) in [6.07, 6.45) is 23.1. The van der Waals surface area contributed by atoms with E-state index in [4.69, 9.17) is 13.8 Å². The molecule has 0 aromatic rings. The third-order valence-corrected chi connectivity index (χ3v) is 8.60. The molecule has 45 heavy (non-hydrogen) atoms. The summed E-state index contributed by atoms with van der Waals surface area (Å²) in [4.78, 5) is 45.3. The van der Waals surface area contributed by atoms with Crippen molar-refractivity contribution in [3.8, 4) is 0 Å². The highest BCUT2D eigenvalue weighted by molar-refractivity contribution is 7.47. The summed E-state index contributed by atoms with van der Waals surface area (Å²) in [5.41, 5.74) is 0. The smallest absolute Gasteiger partial charge is 0.472 e. The van der Waals surface area contributed by atoms with Crippen molar-refractivity contribution in [2.45, 2.75) is 174 Å². The number of phosphoric acid groups is 1. The number of aliphatic hydroxyl groups excluding tert-OH is 1. The summed E-state index contributed by atoms with van der Waals surface area (Å²) in [6, 6.07) is -1.54. The van der Waals surface area contributed by atoms with Crippen LogP contribution >= 0.6 is 7.82 Å². The molecule has 0 spiro atoms. The molecule has 0 aliphatic heterocycles. The highest BCUT2D eigenvalue weighted by Crippen LogP contribution is 2.43. The highest BCUT2D eigenvalue weighted by Gasteiger charge is 2.28. The van der Waals surface area contributed by atoms with Gasteiger partial charge < -0.3 is 25.2 Å². The molecule has 3 atom stereocenters. The second-order valence-corrected chi connectivity index (χ2v) is 13.5. The van der Waals surface area contributed by atoms with Crippen molar-refractivity contribution < 1.29 is 47.8 Å². The zero-order valence-electron chi connectivity index (χ0n) is 28.2. The van der Waals surface area contributed by atoms with E-state index in [9.17, 15) is 34.1 Å². The van der Waals surface area contributed by atoms with E-state index in [-0.39, 0.29) is 12.8 Å². The van der Waals surface area contributed by atoms with Gasteiger partial charge in [0.05, 0.1) is 13.2 Å². The zero-order chi connectivity index (χ0) is 33.6. The number of nitrogens with one attached hydrogen (secondary N) is 1. The van der Waals surface area contributed by atoms with Gasteiger partial charge in [0.25, 0.3) is 0 Å². The maximum atomic E-state index is 12.1. The van der Waals surface area contributed by atoms with Gasteiger partial charge in [0, 0.05) is 12.8 Å². The van der Waals surface area contributed by atoms with Gasteiger partial charge in [0.2, 0.25) is 5.91 Å². The van der Waals surface area contributed by atoms with Gasteiger partial charge in [-0.05, 0) is 12.8 Å². The van der Waals surface area contributed by atoms with Crippen LogP contribution in [0.1, 0.15) is 162 Å². The van der Waals surface area contributed by atoms with Crippen LogP contribution < -0.4 is 5.32 Å². The Balaban J connectivity index is 3.93. The van der Waals surface area contributed by atoms with Crippen molar-refractivity contribution in [1.82, 2.24) is 5.32 Å². The van der Waals surface area contributed by atoms with Crippen LogP contribution in [0.2, 0.25) is 0 Å². The summed E-state index contributed by atoms with van der Waals surface area (Å²) in [7, 11) is -4.73. The molecule has 0 radical (unpaired) electrons. The molecular weight excluding hydrogens is 601 g/mol. The minimum atomic E-state index is -4.73. The largest absolute Gasteiger partial charge is 0.480 e. The molecular formula is C33H64NO10P. The number of carbonyl (C=O) groups excluding carboxylic acids is 2. The molecule has 0 aliphatic rings. The fourth-order valence-electron chi connectivity index (χ4n) is 4.84. The molecule has 1 amide bonds. The summed E-state index contributed by atoms with van der Waals surface area (Å²) >= 11 is 0. The zero-order valence-corrected chi connectivity index (χ0v) is 29.1. The van der Waals surface area contributed by atoms with Crippen LogP contribution in [-0.4, -0.2) is 64.9 Å². The number of esters is 1. The number of rotatable bonds is 33. The monoisotopic (exact) mass is 665 g/mol. The number of hydrogen-bond donors (Lipinski definition) is 4. The van der Waals surface area contributed by atoms with Crippen LogP contribution in [-0.2, 0) is 32.7 Å². The summed E-state index contributed by atoms with van der Waals surface area (Å²) in [5.74, 6) is -2.37. The Morgan fingerprint density at radius 1 is 0.622 bits per heavy atom. The summed E-state index contributed by atoms with van der Waals surface area (Å²) < 4.78 is 26.6. The molecule has 0 saturated carbocycles. The SMILES string of the molecule is CCCCCCCCCCCCCCCCC(=O)OCC(O)COP(=O)(O)OCC(NC(=O)CCCCCCCCC)C(=O)O. The van der Waals surface area contributed by atoms with Gasteiger partial charge in [-0.15, -0.1) is 0 Å². The molecule has 3 unspecified atom stereocenters. The molecule has 0 bridgehead atoms. The van der Waals surface area contributed by atoms with Gasteiger partial charge in [-0.1, -0.05) is 136 Å². The number of carboxylic acids is 1. The lowest BCUT2D eigenvalue weighted by molar-refractivity contribution is -0.147. The number of hydrogen-bond acceptors (Lipinski definition) is 8. The van der Waals surface area contributed by atoms with Crippen LogP contribution in [0.3, 0.4) is 0 Å². The van der Waals surface area contributed by atoms with Crippen LogP contribution in [0.25, 0.3) is 0 Å². The lowest BCUT2D eigenvalue weighted by atomic mass is 10.0. The first-order chi connectivity index (χ1) is 21.6. The van der Waals surface area contributed by atoms with Crippen molar-refractivity contribution in [2.24, 2.45) is 0 Å². The Hall–Kier alpha value is -1.52. The molecule has 11 nitrogen and oxygen atoms in total. The first kappa shape index (κ1) is 43.5. The van der Waals surface area contributed by atoms with E-state index in [1.54, 1.807) is 0 Å². The number of carboxylic acid groups (broad SMARTS) is 1. The average Bonchev–Trinajstić information content (AvgIpc) is 3.00. The maximum absolute atomic E-state index is 12.1. The molecule has 12 heteroatoms. The minimum absolute atomic E-state index is 0.148. The van der Waals surface area contributed by atoms with Crippen molar-refractivity contribution >= 4 is 25.7 Å². The highest BCUT2D eigenvalue weighted by atomic mass is 31.2. The molecule has 0 saturated heterocycles. The van der Waals surface area contributed by atoms with Gasteiger partial charge in [0.15, 0.2) is 6.04 Å². The standard InChI is InChI=1S/C33H64NO10P/c1-3-5-7-9-11-12-13-14-15-16-17-19-21-23-25-32(37)42-26-29(35)27-43-45(40,41)44-28-30(33(38)39)34-31(36)24-22-20-18-10-8-6-4-2/h29-30,35H,3-28H2,1-2H3,(H,34,36)(H,38,39)(H,40,41). The van der Waals surface area contributed by atoms with Crippen molar-refractivity contribution in [3.05, 3.63) is 0 Å². The van der Waals surface area contributed by atoms with Gasteiger partial charge in [-0.3, -0.25) is 18.6 Å². The second kappa shape index (κ2) is 29.9. The van der Waals surface area contributed by atoms with Gasteiger partial charge in [0.1, 0.15) is 12.7 Å². The topological polar surface area (TPSA) is 169 Å². The van der Waals surface area contributed by atoms with Crippen LogP contribution in [0.4, 0.5) is 0 Å². The molecule has 0 rings (SSSR count). The Morgan fingerprint density at radius 3 is 1.47 bits per heavy atom. The Morgan fingerprint density at radius 2 is 1.02 bits per heavy atom. The fourth-order valence-corrected chi connectivity index (χ4v) is 5.62. The average molecular weight is 666 g/mol. The second-order valence-electron chi connectivity index (χ2n) is 12.1. The number of ether oxygens (including phenoxy) is 1. The molecule has 0 aromatic carbocycles. The van der Waals surface area contributed by atoms with Crippen LogP contribution in [0.15, 0.2) is 0 Å². The van der Waals surface area contributed by atoms with Crippen LogP contribution in [0.5, 0.6) is 0 Å². The first-order valence-electron chi connectivity index (χ1n) is 17.6. The number of phosphoric ester groups is 1. The number of aliphatic carboxylic acids is 1. The van der Waals surface area contributed by atoms with Crippen molar-refractivity contribution in [3.63, 3.8) is 0 Å². The van der Waals surface area contributed by atoms with Crippen molar-refractivity contribution in [2.75, 3.05) is 19.8 Å². The van der Waals surface area contributed by atoms with Crippen LogP contribution in [0, 0.1) is 0 Å². The number of unbranched alkanes of at least 4 members (excludes halogenated alkanes) is 19. The maximum Gasteiger partial charge on any atom is 0.472 e. The summed E-state index contributed by atoms with van der Waals surface area (Å²) in [6.45, 7) is 2.50. The number of amides is 1. The fraction of sp³-hybridized carbons (Fsp3) is 0.909. The summed E-state index contributed by atoms with van der Waals surface area (Å²) in [5, 5.41) is 21.6. The molecule has 0 aromatic heterocycles. The van der Waals surface area contributed by atoms with E-state index in [0.717, 1.165) is 51.4 Å². The Labute approximate surface area is 272 Å². The Kier molecular flexibility index (Phi) is 28.8. The Bertz CT molecular complexity index is 797. The normalized spacial score (nSPS) is 14.0. The number of aliphatic hydroxyl groups is 1. The van der Waals surface area contributed by atoms with E-state index in [1.165, 1.54) is 70.6 Å². The lowest BCUT2D eigenvalue weighted by Crippen LogP contribution is -2.43. The third kappa shape index (κ3) is 29.6. The predicted molar refractivity (Wildman–Crippen MR) is 176 cm³/mol. The van der Waals surface area contributed by atoms with E-state index < -0.39 is 57.6 Å². The predicted octanol–water partition coefficient (Wildman–Crippen LogP) is 7.61. The quantitative estimate of drug-likeness (QED) is 0.0311. The first-order valence-corrected chi connectivity index (χ1v) is 19.1. The lowest BCUT2D eigenvalue weighted by Gasteiger charge is -2.18.